The lowest BCUT2D eigenvalue weighted by atomic mass is 10.0. The highest BCUT2D eigenvalue weighted by Gasteiger charge is 2.29. The number of para-hydroxylation sites is 1. The molecule has 1 fully saturated rings. The maximum Gasteiger partial charge on any atom is 0.387 e. The molecule has 0 amide bonds. The first-order chi connectivity index (χ1) is 9.13. The van der Waals surface area contributed by atoms with Crippen molar-refractivity contribution in [3.8, 4) is 5.75 Å². The molecule has 1 heterocycles. The van der Waals surface area contributed by atoms with Gasteiger partial charge in [-0.2, -0.15) is 8.78 Å². The van der Waals surface area contributed by atoms with Crippen molar-refractivity contribution in [3.05, 3.63) is 29.8 Å². The van der Waals surface area contributed by atoms with Gasteiger partial charge in [0.05, 0.1) is 0 Å². The van der Waals surface area contributed by atoms with Crippen molar-refractivity contribution in [1.82, 2.24) is 4.90 Å². The summed E-state index contributed by atoms with van der Waals surface area (Å²) in [6, 6.07) is 7.34. The summed E-state index contributed by atoms with van der Waals surface area (Å²) in [6.45, 7) is 0.771. The molecule has 19 heavy (non-hydrogen) atoms. The molecule has 1 aliphatic rings. The first kappa shape index (κ1) is 14.2. The van der Waals surface area contributed by atoms with Crippen LogP contribution >= 0.6 is 0 Å². The second-order valence-electron chi connectivity index (χ2n) is 4.86. The molecule has 0 saturated carbocycles. The Morgan fingerprint density at radius 1 is 1.42 bits per heavy atom. The molecule has 2 unspecified atom stereocenters. The van der Waals surface area contributed by atoms with E-state index < -0.39 is 6.61 Å². The van der Waals surface area contributed by atoms with E-state index in [9.17, 15) is 8.78 Å². The lowest BCUT2D eigenvalue weighted by Crippen LogP contribution is -2.37. The normalized spacial score (nSPS) is 21.8. The van der Waals surface area contributed by atoms with Gasteiger partial charge in [-0.15, -0.1) is 0 Å². The highest BCUT2D eigenvalue weighted by molar-refractivity contribution is 5.36. The first-order valence-electron chi connectivity index (χ1n) is 6.63. The molecule has 2 atom stereocenters. The molecule has 1 saturated heterocycles. The molecule has 106 valence electrons. The van der Waals surface area contributed by atoms with E-state index in [0.29, 0.717) is 12.6 Å². The van der Waals surface area contributed by atoms with Crippen LogP contribution in [0.1, 0.15) is 31.4 Å². The molecule has 1 aromatic rings. The van der Waals surface area contributed by atoms with Gasteiger partial charge in [0.15, 0.2) is 0 Å². The summed E-state index contributed by atoms with van der Waals surface area (Å²) in [5, 5.41) is 0. The fourth-order valence-electron chi connectivity index (χ4n) is 2.83. The molecule has 0 spiro atoms. The van der Waals surface area contributed by atoms with Gasteiger partial charge < -0.3 is 10.5 Å². The summed E-state index contributed by atoms with van der Waals surface area (Å²) in [7, 11) is 0. The molecule has 2 N–H and O–H groups in total. The van der Waals surface area contributed by atoms with Crippen LogP contribution in [-0.2, 0) is 0 Å². The Morgan fingerprint density at radius 2 is 2.16 bits per heavy atom. The lowest BCUT2D eigenvalue weighted by molar-refractivity contribution is -0.0511. The Morgan fingerprint density at radius 3 is 2.84 bits per heavy atom. The third-order valence-corrected chi connectivity index (χ3v) is 3.78. The molecule has 0 aromatic heterocycles. The molecule has 1 aromatic carbocycles. The number of hydrogen-bond donors (Lipinski definition) is 1. The third kappa shape index (κ3) is 3.22. The van der Waals surface area contributed by atoms with Crippen molar-refractivity contribution >= 4 is 0 Å². The highest BCUT2D eigenvalue weighted by Crippen LogP contribution is 2.34. The summed E-state index contributed by atoms with van der Waals surface area (Å²) in [5.41, 5.74) is 6.56. The summed E-state index contributed by atoms with van der Waals surface area (Å²) in [5.74, 6) is 0.257. The molecular formula is C14H20F2N2O. The average molecular weight is 270 g/mol. The average Bonchev–Trinajstić information content (AvgIpc) is 2.86. The molecule has 0 bridgehead atoms. The van der Waals surface area contributed by atoms with E-state index in [0.717, 1.165) is 24.9 Å². The van der Waals surface area contributed by atoms with Crippen molar-refractivity contribution in [2.24, 2.45) is 5.73 Å². The number of hydrogen-bond acceptors (Lipinski definition) is 3. The van der Waals surface area contributed by atoms with E-state index in [1.54, 1.807) is 12.1 Å². The van der Waals surface area contributed by atoms with Gasteiger partial charge in [0.1, 0.15) is 5.75 Å². The van der Waals surface area contributed by atoms with Gasteiger partial charge in [0.2, 0.25) is 0 Å². The number of alkyl halides is 2. The maximum absolute atomic E-state index is 12.4. The van der Waals surface area contributed by atoms with Crippen molar-refractivity contribution in [2.45, 2.75) is 38.5 Å². The van der Waals surface area contributed by atoms with Gasteiger partial charge in [-0.1, -0.05) is 18.2 Å². The first-order valence-corrected chi connectivity index (χ1v) is 6.63. The van der Waals surface area contributed by atoms with Crippen molar-refractivity contribution in [2.75, 3.05) is 13.1 Å². The molecule has 2 rings (SSSR count). The van der Waals surface area contributed by atoms with Gasteiger partial charge >= 0.3 is 6.61 Å². The Labute approximate surface area is 112 Å². The largest absolute Gasteiger partial charge is 0.434 e. The highest BCUT2D eigenvalue weighted by atomic mass is 19.3. The van der Waals surface area contributed by atoms with Crippen LogP contribution in [0.3, 0.4) is 0 Å². The van der Waals surface area contributed by atoms with Crippen molar-refractivity contribution in [3.63, 3.8) is 0 Å². The Kier molecular flexibility index (Phi) is 4.71. The van der Waals surface area contributed by atoms with Crippen LogP contribution in [0.15, 0.2) is 24.3 Å². The quantitative estimate of drug-likeness (QED) is 0.894. The van der Waals surface area contributed by atoms with E-state index in [1.165, 1.54) is 0 Å². The summed E-state index contributed by atoms with van der Waals surface area (Å²) < 4.78 is 29.5. The van der Waals surface area contributed by atoms with E-state index in [2.05, 4.69) is 9.64 Å². The minimum absolute atomic E-state index is 0.0333. The monoisotopic (exact) mass is 270 g/mol. The van der Waals surface area contributed by atoms with Crippen LogP contribution in [0, 0.1) is 0 Å². The van der Waals surface area contributed by atoms with Gasteiger partial charge in [0.25, 0.3) is 0 Å². The third-order valence-electron chi connectivity index (χ3n) is 3.78. The Bertz CT molecular complexity index is 414. The number of likely N-dealkylation sites (tertiary alicyclic amines) is 1. The predicted molar refractivity (Wildman–Crippen MR) is 70.3 cm³/mol. The van der Waals surface area contributed by atoms with Gasteiger partial charge in [0, 0.05) is 24.2 Å². The van der Waals surface area contributed by atoms with Gasteiger partial charge in [-0.05, 0) is 32.4 Å². The second-order valence-corrected chi connectivity index (χ2v) is 4.86. The molecule has 5 heteroatoms. The second kappa shape index (κ2) is 6.30. The Hall–Kier alpha value is -1.20. The number of halogens is 2. The minimum atomic E-state index is -2.79. The topological polar surface area (TPSA) is 38.5 Å². The smallest absolute Gasteiger partial charge is 0.387 e. The van der Waals surface area contributed by atoms with Gasteiger partial charge in [-0.3, -0.25) is 4.90 Å². The number of nitrogens with zero attached hydrogens (tertiary/aromatic N) is 1. The van der Waals surface area contributed by atoms with Crippen molar-refractivity contribution < 1.29 is 13.5 Å². The van der Waals surface area contributed by atoms with Crippen LogP contribution in [0.4, 0.5) is 8.78 Å². The summed E-state index contributed by atoms with van der Waals surface area (Å²) in [6.07, 6.45) is 2.17. The van der Waals surface area contributed by atoms with Crippen molar-refractivity contribution in [1.29, 1.82) is 0 Å². The minimum Gasteiger partial charge on any atom is -0.434 e. The number of ether oxygens (including phenoxy) is 1. The van der Waals surface area contributed by atoms with E-state index in [-0.39, 0.29) is 11.8 Å². The standard InChI is InChI=1S/C14H20F2N2O/c1-10(18-8-4-5-11(18)9-17)12-6-2-3-7-13(12)19-14(15)16/h2-3,6-7,10-11,14H,4-5,8-9,17H2,1H3. The molecule has 0 radical (unpaired) electrons. The van der Waals surface area contributed by atoms with E-state index >= 15 is 0 Å². The molecule has 3 nitrogen and oxygen atoms in total. The molecule has 0 aliphatic carbocycles. The van der Waals surface area contributed by atoms with Crippen LogP contribution in [-0.4, -0.2) is 30.6 Å². The zero-order valence-corrected chi connectivity index (χ0v) is 11.1. The van der Waals surface area contributed by atoms with Crippen LogP contribution < -0.4 is 10.5 Å². The van der Waals surface area contributed by atoms with Crippen LogP contribution in [0.2, 0.25) is 0 Å². The fourth-order valence-corrected chi connectivity index (χ4v) is 2.83. The number of rotatable bonds is 5. The Balaban J connectivity index is 2.20. The summed E-state index contributed by atoms with van der Waals surface area (Å²) >= 11 is 0. The zero-order chi connectivity index (χ0) is 13.8. The van der Waals surface area contributed by atoms with Crippen LogP contribution in [0.25, 0.3) is 0 Å². The number of nitrogens with two attached hydrogens (primary N) is 1. The maximum atomic E-state index is 12.4. The fraction of sp³-hybridized carbons (Fsp3) is 0.571. The SMILES string of the molecule is CC(c1ccccc1OC(F)F)N1CCCC1CN. The van der Waals surface area contributed by atoms with E-state index in [1.807, 2.05) is 19.1 Å². The molecule has 1 aliphatic heterocycles. The van der Waals surface area contributed by atoms with Gasteiger partial charge in [-0.25, -0.2) is 0 Å². The number of benzene rings is 1. The lowest BCUT2D eigenvalue weighted by Gasteiger charge is -2.31. The zero-order valence-electron chi connectivity index (χ0n) is 11.1. The molecular weight excluding hydrogens is 250 g/mol. The summed E-state index contributed by atoms with van der Waals surface area (Å²) in [4.78, 5) is 2.27. The van der Waals surface area contributed by atoms with E-state index in [4.69, 9.17) is 5.73 Å². The predicted octanol–water partition coefficient (Wildman–Crippen LogP) is 2.77. The van der Waals surface area contributed by atoms with Crippen LogP contribution in [0.5, 0.6) is 5.75 Å².